The third-order valence-electron chi connectivity index (χ3n) is 8.46. The summed E-state index contributed by atoms with van der Waals surface area (Å²) >= 11 is 0. The zero-order chi connectivity index (χ0) is 29.4. The van der Waals surface area contributed by atoms with Crippen molar-refractivity contribution in [1.82, 2.24) is 27.9 Å². The Morgan fingerprint density at radius 2 is 1.19 bits per heavy atom. The Balaban J connectivity index is 1.42. The number of allylic oxidation sites excluding steroid dienone is 2. The van der Waals surface area contributed by atoms with Crippen molar-refractivity contribution < 1.29 is 5.11 Å². The van der Waals surface area contributed by atoms with Gasteiger partial charge >= 0.3 is 22.8 Å². The molecule has 11 heteroatoms. The van der Waals surface area contributed by atoms with E-state index in [0.29, 0.717) is 27.9 Å². The van der Waals surface area contributed by atoms with Gasteiger partial charge in [0.25, 0.3) is 0 Å². The van der Waals surface area contributed by atoms with E-state index in [1.807, 2.05) is 30.3 Å². The molecule has 0 radical (unpaired) electrons. The molecule has 6 aromatic rings. The molecule has 1 N–H and O–H groups in total. The van der Waals surface area contributed by atoms with Crippen LogP contribution in [0.2, 0.25) is 0 Å². The maximum atomic E-state index is 14.1. The van der Waals surface area contributed by atoms with Gasteiger partial charge in [-0.05, 0) is 35.2 Å². The van der Waals surface area contributed by atoms with Crippen molar-refractivity contribution in [3.63, 3.8) is 0 Å². The number of benzene rings is 4. The molecule has 2 aromatic heterocycles. The molecule has 0 saturated heterocycles. The third-order valence-corrected chi connectivity index (χ3v) is 8.46. The zero-order valence-corrected chi connectivity index (χ0v) is 22.6. The van der Waals surface area contributed by atoms with E-state index in [0.717, 1.165) is 14.5 Å². The lowest BCUT2D eigenvalue weighted by Crippen LogP contribution is -2.47. The lowest BCUT2D eigenvalue weighted by atomic mass is 9.88. The maximum absolute atomic E-state index is 14.1. The second-order valence-corrected chi connectivity index (χ2v) is 10.7. The normalized spacial score (nSPS) is 17.3. The number of rotatable bonds is 3. The Labute approximate surface area is 242 Å². The van der Waals surface area contributed by atoms with E-state index in [-0.39, 0.29) is 18.8 Å². The van der Waals surface area contributed by atoms with Crippen LogP contribution in [0.15, 0.2) is 128 Å². The predicted octanol–water partition coefficient (Wildman–Crippen LogP) is 2.56. The largest absolute Gasteiger partial charge is 0.507 e. The molecule has 0 saturated carbocycles. The highest BCUT2D eigenvalue weighted by molar-refractivity contribution is 5.89. The summed E-state index contributed by atoms with van der Waals surface area (Å²) < 4.78 is 7.59. The molecule has 0 bridgehead atoms. The van der Waals surface area contributed by atoms with Crippen LogP contribution in [0, 0.1) is 0 Å². The number of para-hydroxylation sites is 2. The average molecular weight is 573 g/mol. The summed E-state index contributed by atoms with van der Waals surface area (Å²) in [5, 5.41) is 13.0. The van der Waals surface area contributed by atoms with Crippen molar-refractivity contribution in [3.8, 4) is 17.1 Å². The van der Waals surface area contributed by atoms with Gasteiger partial charge in [0, 0.05) is 10.9 Å². The molecule has 2 unspecified atom stereocenters. The fourth-order valence-electron chi connectivity index (χ4n) is 6.52. The van der Waals surface area contributed by atoms with Crippen LogP contribution >= 0.6 is 0 Å². The van der Waals surface area contributed by atoms with Crippen LogP contribution in [0.1, 0.15) is 17.6 Å². The quantitative estimate of drug-likeness (QED) is 0.327. The Kier molecular flexibility index (Phi) is 5.26. The summed E-state index contributed by atoms with van der Waals surface area (Å²) in [7, 11) is 0. The van der Waals surface area contributed by atoms with Gasteiger partial charge in [-0.2, -0.15) is 0 Å². The molecule has 2 atom stereocenters. The van der Waals surface area contributed by atoms with E-state index in [9.17, 15) is 24.3 Å². The number of phenolic OH excluding ortho intramolecular Hbond substituents is 1. The summed E-state index contributed by atoms with van der Waals surface area (Å²) in [4.78, 5) is 55.5. The topological polar surface area (TPSA) is 118 Å². The molecular formula is C32H24N6O5. The van der Waals surface area contributed by atoms with E-state index in [4.69, 9.17) is 0 Å². The van der Waals surface area contributed by atoms with E-state index < -0.39 is 34.8 Å². The smallest absolute Gasteiger partial charge is 0.352 e. The number of hydrogen-bond donors (Lipinski definition) is 1. The van der Waals surface area contributed by atoms with E-state index in [2.05, 4.69) is 0 Å². The van der Waals surface area contributed by atoms with Gasteiger partial charge in [-0.1, -0.05) is 78.9 Å². The highest BCUT2D eigenvalue weighted by atomic mass is 16.3. The SMILES string of the molecule is O=c1n(-c2ccccc2)c(=O)n2n1CC=C1C2Cn2c(=O)n(-c3ccccc3)c(=O)n2C1c1ccc2ccccc2c1O. The minimum Gasteiger partial charge on any atom is -0.507 e. The van der Waals surface area contributed by atoms with Gasteiger partial charge < -0.3 is 5.11 Å². The lowest BCUT2D eigenvalue weighted by Gasteiger charge is -2.37. The summed E-state index contributed by atoms with van der Waals surface area (Å²) in [6.45, 7) is 0.00565. The van der Waals surface area contributed by atoms with Crippen molar-refractivity contribution in [2.24, 2.45) is 0 Å². The number of phenols is 1. The fourth-order valence-corrected chi connectivity index (χ4v) is 6.52. The lowest BCUT2D eigenvalue weighted by molar-refractivity contribution is 0.244. The molecule has 4 heterocycles. The van der Waals surface area contributed by atoms with Crippen LogP contribution in [0.4, 0.5) is 0 Å². The predicted molar refractivity (Wildman–Crippen MR) is 159 cm³/mol. The first-order chi connectivity index (χ1) is 21.0. The third kappa shape index (κ3) is 3.41. The van der Waals surface area contributed by atoms with Crippen molar-refractivity contribution >= 4 is 10.8 Å². The molecule has 8 rings (SSSR count). The highest BCUT2D eigenvalue weighted by Gasteiger charge is 2.42. The first-order valence-corrected chi connectivity index (χ1v) is 13.9. The highest BCUT2D eigenvalue weighted by Crippen LogP contribution is 2.43. The second-order valence-electron chi connectivity index (χ2n) is 10.7. The number of fused-ring (bicyclic) bond motifs is 5. The maximum Gasteiger partial charge on any atom is 0.352 e. The number of aromatic hydroxyl groups is 1. The molecule has 212 valence electrons. The molecule has 0 amide bonds. The fraction of sp³-hybridized carbons (Fsp3) is 0.125. The molecule has 0 aliphatic carbocycles. The first-order valence-electron chi connectivity index (χ1n) is 13.9. The van der Waals surface area contributed by atoms with Gasteiger partial charge in [0.2, 0.25) is 0 Å². The molecule has 2 aliphatic rings. The zero-order valence-electron chi connectivity index (χ0n) is 22.6. The van der Waals surface area contributed by atoms with Gasteiger partial charge in [0.15, 0.2) is 0 Å². The Bertz CT molecular complexity index is 2350. The van der Waals surface area contributed by atoms with Crippen LogP contribution in [0.25, 0.3) is 22.1 Å². The standard InChI is InChI=1S/C32H24N6O5/c39-28-23-14-8-7-9-20(23)15-16-25(28)27-24-17-18-33-29(40)35(21-10-3-1-4-11-21)31(42)37(33)26(24)19-34-30(41)36(32(43)38(27)34)22-12-5-2-6-13-22/h1-17,26-27,39H,18-19H2. The Morgan fingerprint density at radius 1 is 0.605 bits per heavy atom. The molecule has 0 spiro atoms. The van der Waals surface area contributed by atoms with Gasteiger partial charge in [0.05, 0.1) is 30.5 Å². The minimum absolute atomic E-state index is 0.0276. The van der Waals surface area contributed by atoms with E-state index in [1.165, 1.54) is 18.7 Å². The molecule has 4 aromatic carbocycles. The van der Waals surface area contributed by atoms with Gasteiger partial charge in [0.1, 0.15) is 11.8 Å². The van der Waals surface area contributed by atoms with Crippen LogP contribution in [-0.2, 0) is 13.1 Å². The van der Waals surface area contributed by atoms with Crippen LogP contribution in [0.3, 0.4) is 0 Å². The number of nitrogens with zero attached hydrogens (tertiary/aromatic N) is 6. The van der Waals surface area contributed by atoms with Crippen LogP contribution < -0.4 is 22.8 Å². The van der Waals surface area contributed by atoms with Gasteiger partial charge in [-0.25, -0.2) is 47.0 Å². The van der Waals surface area contributed by atoms with Gasteiger partial charge in [-0.3, -0.25) is 0 Å². The molecule has 11 nitrogen and oxygen atoms in total. The Morgan fingerprint density at radius 3 is 1.86 bits per heavy atom. The number of aromatic nitrogens is 6. The van der Waals surface area contributed by atoms with Crippen molar-refractivity contribution in [2.45, 2.75) is 25.2 Å². The summed E-state index contributed by atoms with van der Waals surface area (Å²) in [6, 6.07) is 26.5. The summed E-state index contributed by atoms with van der Waals surface area (Å²) in [6.07, 6.45) is 1.82. The second kappa shape index (κ2) is 9.08. The molecule has 2 aliphatic heterocycles. The average Bonchev–Trinajstić information content (AvgIpc) is 3.45. The summed E-state index contributed by atoms with van der Waals surface area (Å²) in [5.74, 6) is -0.0276. The van der Waals surface area contributed by atoms with Crippen molar-refractivity contribution in [3.05, 3.63) is 156 Å². The van der Waals surface area contributed by atoms with E-state index >= 15 is 0 Å². The van der Waals surface area contributed by atoms with Crippen LogP contribution in [-0.4, -0.2) is 33.0 Å². The monoisotopic (exact) mass is 572 g/mol. The van der Waals surface area contributed by atoms with Crippen molar-refractivity contribution in [1.29, 1.82) is 0 Å². The van der Waals surface area contributed by atoms with Crippen molar-refractivity contribution in [2.75, 3.05) is 0 Å². The molecular weight excluding hydrogens is 548 g/mol. The van der Waals surface area contributed by atoms with Crippen LogP contribution in [0.5, 0.6) is 5.75 Å². The van der Waals surface area contributed by atoms with E-state index in [1.54, 1.807) is 72.8 Å². The summed E-state index contributed by atoms with van der Waals surface area (Å²) in [5.41, 5.74) is -0.367. The minimum atomic E-state index is -0.927. The van der Waals surface area contributed by atoms with Gasteiger partial charge in [-0.15, -0.1) is 0 Å². The number of hydrogen-bond acceptors (Lipinski definition) is 5. The first kappa shape index (κ1) is 24.9. The molecule has 43 heavy (non-hydrogen) atoms. The Hall–Kier alpha value is -5.84. The molecule has 0 fully saturated rings.